The summed E-state index contributed by atoms with van der Waals surface area (Å²) in [6, 6.07) is 5.12. The lowest BCUT2D eigenvalue weighted by molar-refractivity contribution is -0.0599. The summed E-state index contributed by atoms with van der Waals surface area (Å²) in [5, 5.41) is 0. The second-order valence-corrected chi connectivity index (χ2v) is 7.91. The minimum absolute atomic E-state index is 0.0904. The summed E-state index contributed by atoms with van der Waals surface area (Å²) >= 11 is 0. The fraction of sp³-hybridized carbons (Fsp3) is 0.600. The second-order valence-electron chi connectivity index (χ2n) is 6.22. The number of rotatable bonds is 4. The number of hydrogen-bond acceptors (Lipinski definition) is 4. The zero-order valence-corrected chi connectivity index (χ0v) is 13.7. The Hall–Kier alpha value is -0.950. The molecule has 1 fully saturated rings. The van der Waals surface area contributed by atoms with Crippen molar-refractivity contribution in [1.82, 2.24) is 4.72 Å². The molecule has 1 aliphatic rings. The quantitative estimate of drug-likeness (QED) is 0.886. The molecule has 118 valence electrons. The van der Waals surface area contributed by atoms with Gasteiger partial charge in [-0.05, 0) is 50.8 Å². The largest absolute Gasteiger partial charge is 0.375 e. The van der Waals surface area contributed by atoms with Crippen LogP contribution in [0, 0.1) is 6.92 Å². The minimum atomic E-state index is -3.51. The van der Waals surface area contributed by atoms with Gasteiger partial charge in [-0.3, -0.25) is 0 Å². The summed E-state index contributed by atoms with van der Waals surface area (Å²) in [6.07, 6.45) is 1.37. The van der Waals surface area contributed by atoms with E-state index in [0.717, 1.165) is 11.1 Å². The van der Waals surface area contributed by atoms with Crippen LogP contribution in [-0.2, 0) is 21.3 Å². The molecule has 6 heteroatoms. The predicted molar refractivity (Wildman–Crippen MR) is 82.4 cm³/mol. The van der Waals surface area contributed by atoms with E-state index >= 15 is 0 Å². The highest BCUT2D eigenvalue weighted by atomic mass is 32.2. The van der Waals surface area contributed by atoms with Gasteiger partial charge in [-0.15, -0.1) is 0 Å². The van der Waals surface area contributed by atoms with Crippen molar-refractivity contribution in [1.29, 1.82) is 0 Å². The topological polar surface area (TPSA) is 81.4 Å². The molecule has 0 aromatic heterocycles. The van der Waals surface area contributed by atoms with Gasteiger partial charge in [-0.1, -0.05) is 12.1 Å². The molecule has 3 N–H and O–H groups in total. The Kier molecular flexibility index (Phi) is 4.72. The van der Waals surface area contributed by atoms with Gasteiger partial charge in [-0.25, -0.2) is 13.1 Å². The molecule has 1 unspecified atom stereocenters. The molecule has 0 amide bonds. The maximum atomic E-state index is 12.5. The SMILES string of the molecule is Cc1cc(CN)ccc1S(=O)(=O)NC1CCOC(C)(C)C1. The zero-order valence-electron chi connectivity index (χ0n) is 12.8. The summed E-state index contributed by atoms with van der Waals surface area (Å²) in [6.45, 7) is 6.74. The van der Waals surface area contributed by atoms with Gasteiger partial charge in [0.1, 0.15) is 0 Å². The van der Waals surface area contributed by atoms with E-state index < -0.39 is 10.0 Å². The summed E-state index contributed by atoms with van der Waals surface area (Å²) in [5.41, 5.74) is 6.94. The Morgan fingerprint density at radius 2 is 2.14 bits per heavy atom. The molecule has 1 aromatic carbocycles. The zero-order chi connectivity index (χ0) is 15.7. The lowest BCUT2D eigenvalue weighted by atomic mass is 9.95. The van der Waals surface area contributed by atoms with Crippen molar-refractivity contribution in [2.45, 2.75) is 56.7 Å². The first-order chi connectivity index (χ1) is 9.73. The highest BCUT2D eigenvalue weighted by molar-refractivity contribution is 7.89. The van der Waals surface area contributed by atoms with Gasteiger partial charge in [-0.2, -0.15) is 0 Å². The van der Waals surface area contributed by atoms with E-state index in [1.807, 2.05) is 19.9 Å². The molecule has 5 nitrogen and oxygen atoms in total. The minimum Gasteiger partial charge on any atom is -0.375 e. The van der Waals surface area contributed by atoms with Gasteiger partial charge in [0.15, 0.2) is 0 Å². The summed E-state index contributed by atoms with van der Waals surface area (Å²) in [4.78, 5) is 0.323. The Labute approximate surface area is 126 Å². The number of aryl methyl sites for hydroxylation is 1. The Balaban J connectivity index is 2.19. The number of nitrogens with one attached hydrogen (secondary N) is 1. The molecule has 1 heterocycles. The van der Waals surface area contributed by atoms with Crippen molar-refractivity contribution in [3.63, 3.8) is 0 Å². The third kappa shape index (κ3) is 4.03. The molecule has 1 aromatic rings. The van der Waals surface area contributed by atoms with Crippen molar-refractivity contribution >= 4 is 10.0 Å². The summed E-state index contributed by atoms with van der Waals surface area (Å²) < 4.78 is 33.5. The Morgan fingerprint density at radius 1 is 1.43 bits per heavy atom. The van der Waals surface area contributed by atoms with Crippen LogP contribution < -0.4 is 10.5 Å². The third-order valence-corrected chi connectivity index (χ3v) is 5.46. The lowest BCUT2D eigenvalue weighted by Gasteiger charge is -2.35. The number of benzene rings is 1. The fourth-order valence-electron chi connectivity index (χ4n) is 2.76. The van der Waals surface area contributed by atoms with Crippen LogP contribution >= 0.6 is 0 Å². The van der Waals surface area contributed by atoms with Crippen molar-refractivity contribution in [2.75, 3.05) is 6.61 Å². The molecule has 2 rings (SSSR count). The maximum Gasteiger partial charge on any atom is 0.241 e. The monoisotopic (exact) mass is 312 g/mol. The molecule has 0 radical (unpaired) electrons. The Morgan fingerprint density at radius 3 is 2.71 bits per heavy atom. The Bertz CT molecular complexity index is 611. The normalized spacial score (nSPS) is 22.2. The third-order valence-electron chi connectivity index (χ3n) is 3.78. The second kappa shape index (κ2) is 6.04. The van der Waals surface area contributed by atoms with E-state index in [4.69, 9.17) is 10.5 Å². The van der Waals surface area contributed by atoms with Crippen LogP contribution in [0.1, 0.15) is 37.8 Å². The van der Waals surface area contributed by atoms with Crippen molar-refractivity contribution in [2.24, 2.45) is 5.73 Å². The molecule has 21 heavy (non-hydrogen) atoms. The molecule has 0 bridgehead atoms. The van der Waals surface area contributed by atoms with Crippen LogP contribution in [-0.4, -0.2) is 26.7 Å². The first kappa shape index (κ1) is 16.4. The highest BCUT2D eigenvalue weighted by Crippen LogP contribution is 2.26. The molecular weight excluding hydrogens is 288 g/mol. The van der Waals surface area contributed by atoms with Crippen LogP contribution in [0.15, 0.2) is 23.1 Å². The average Bonchev–Trinajstić information content (AvgIpc) is 2.36. The van der Waals surface area contributed by atoms with Gasteiger partial charge < -0.3 is 10.5 Å². The summed E-state index contributed by atoms with van der Waals surface area (Å²) in [7, 11) is -3.51. The number of hydrogen-bond donors (Lipinski definition) is 2. The first-order valence-corrected chi connectivity index (χ1v) is 8.68. The molecular formula is C15H24N2O3S. The smallest absolute Gasteiger partial charge is 0.241 e. The van der Waals surface area contributed by atoms with E-state index in [1.54, 1.807) is 19.1 Å². The highest BCUT2D eigenvalue weighted by Gasteiger charge is 2.32. The van der Waals surface area contributed by atoms with Gasteiger partial charge >= 0.3 is 0 Å². The van der Waals surface area contributed by atoms with Gasteiger partial charge in [0.2, 0.25) is 10.0 Å². The van der Waals surface area contributed by atoms with Crippen LogP contribution in [0.3, 0.4) is 0 Å². The van der Waals surface area contributed by atoms with Crippen molar-refractivity contribution in [3.8, 4) is 0 Å². The molecule has 0 saturated carbocycles. The van der Waals surface area contributed by atoms with Gasteiger partial charge in [0.05, 0.1) is 10.5 Å². The molecule has 0 spiro atoms. The van der Waals surface area contributed by atoms with E-state index in [0.29, 0.717) is 30.9 Å². The number of ether oxygens (including phenoxy) is 1. The molecule has 1 saturated heterocycles. The van der Waals surface area contributed by atoms with Crippen molar-refractivity contribution < 1.29 is 13.2 Å². The van der Waals surface area contributed by atoms with Gasteiger partial charge in [0.25, 0.3) is 0 Å². The van der Waals surface area contributed by atoms with Crippen LogP contribution in [0.25, 0.3) is 0 Å². The van der Waals surface area contributed by atoms with E-state index in [-0.39, 0.29) is 11.6 Å². The molecule has 0 aliphatic carbocycles. The molecule has 1 aliphatic heterocycles. The van der Waals surface area contributed by atoms with E-state index in [2.05, 4.69) is 4.72 Å². The number of nitrogens with two attached hydrogens (primary N) is 1. The lowest BCUT2D eigenvalue weighted by Crippen LogP contribution is -2.45. The predicted octanol–water partition coefficient (Wildman–Crippen LogP) is 1.69. The standard InChI is InChI=1S/C15H24N2O3S/c1-11-8-12(10-16)4-5-14(11)21(18,19)17-13-6-7-20-15(2,3)9-13/h4-5,8,13,17H,6-7,9-10,16H2,1-3H3. The van der Waals surface area contributed by atoms with E-state index in [9.17, 15) is 8.42 Å². The van der Waals surface area contributed by atoms with Gasteiger partial charge in [0, 0.05) is 19.2 Å². The first-order valence-electron chi connectivity index (χ1n) is 7.19. The average molecular weight is 312 g/mol. The maximum absolute atomic E-state index is 12.5. The van der Waals surface area contributed by atoms with Crippen molar-refractivity contribution in [3.05, 3.63) is 29.3 Å². The number of sulfonamides is 1. The van der Waals surface area contributed by atoms with Crippen LogP contribution in [0.4, 0.5) is 0 Å². The fourth-order valence-corrected chi connectivity index (χ4v) is 4.25. The molecule has 1 atom stereocenters. The van der Waals surface area contributed by atoms with Crippen LogP contribution in [0.5, 0.6) is 0 Å². The van der Waals surface area contributed by atoms with E-state index in [1.165, 1.54) is 0 Å². The summed E-state index contributed by atoms with van der Waals surface area (Å²) in [5.74, 6) is 0. The van der Waals surface area contributed by atoms with Crippen LogP contribution in [0.2, 0.25) is 0 Å².